The average Bonchev–Trinajstić information content (AvgIpc) is 2.22. The molecule has 0 N–H and O–H groups in total. The maximum Gasteiger partial charge on any atom is 0.640 e. The lowest BCUT2D eigenvalue weighted by atomic mass is 9.90. The van der Waals surface area contributed by atoms with E-state index in [0.29, 0.717) is 0 Å². The minimum absolute atomic E-state index is 0.120. The first-order chi connectivity index (χ1) is 6.74. The fourth-order valence-electron chi connectivity index (χ4n) is 1.07. The summed E-state index contributed by atoms with van der Waals surface area (Å²) in [7, 11) is -0.523. The molecule has 0 saturated carbocycles. The summed E-state index contributed by atoms with van der Waals surface area (Å²) in [5.41, 5.74) is -0.598. The van der Waals surface area contributed by atoms with Gasteiger partial charge in [-0.3, -0.25) is 0 Å². The van der Waals surface area contributed by atoms with Crippen molar-refractivity contribution in [3.63, 3.8) is 0 Å². The van der Waals surface area contributed by atoms with Gasteiger partial charge >= 0.3 is 7.32 Å². The van der Waals surface area contributed by atoms with Gasteiger partial charge in [0, 0.05) is 6.10 Å². The summed E-state index contributed by atoms with van der Waals surface area (Å²) in [5, 5.41) is 0. The quantitative estimate of drug-likeness (QED) is 0.664. The Morgan fingerprint density at radius 3 is 1.53 bits per heavy atom. The van der Waals surface area contributed by atoms with Crippen molar-refractivity contribution in [2.24, 2.45) is 0 Å². The van der Waals surface area contributed by atoms with Crippen LogP contribution in [0.2, 0.25) is 0 Å². The Kier molecular flexibility index (Phi) is 5.31. The van der Waals surface area contributed by atoms with Crippen LogP contribution in [-0.2, 0) is 14.0 Å². The van der Waals surface area contributed by atoms with Crippen molar-refractivity contribution in [3.8, 4) is 0 Å². The molecule has 90 valence electrons. The number of rotatable bonds is 2. The SMILES string of the molecule is CC.CC(C)OB1OC(C)(C)C(C)(C)O1. The van der Waals surface area contributed by atoms with E-state index in [-0.39, 0.29) is 17.3 Å². The molecule has 0 aromatic heterocycles. The van der Waals surface area contributed by atoms with E-state index in [4.69, 9.17) is 14.0 Å². The number of hydrogen-bond acceptors (Lipinski definition) is 3. The van der Waals surface area contributed by atoms with E-state index in [2.05, 4.69) is 0 Å². The Bertz CT molecular complexity index is 174. The molecule has 0 spiro atoms. The molecule has 1 rings (SSSR count). The van der Waals surface area contributed by atoms with Crippen LogP contribution in [0.25, 0.3) is 0 Å². The van der Waals surface area contributed by atoms with Crippen LogP contribution in [0.3, 0.4) is 0 Å². The van der Waals surface area contributed by atoms with Crippen molar-refractivity contribution in [2.45, 2.75) is 72.7 Å². The summed E-state index contributed by atoms with van der Waals surface area (Å²) in [4.78, 5) is 0. The zero-order chi connectivity index (χ0) is 12.3. The molecule has 3 nitrogen and oxygen atoms in total. The highest BCUT2D eigenvalue weighted by Crippen LogP contribution is 2.36. The fourth-order valence-corrected chi connectivity index (χ4v) is 1.07. The van der Waals surface area contributed by atoms with E-state index in [0.717, 1.165) is 0 Å². The van der Waals surface area contributed by atoms with Crippen LogP contribution in [0.4, 0.5) is 0 Å². The zero-order valence-corrected chi connectivity index (χ0v) is 11.4. The van der Waals surface area contributed by atoms with Crippen molar-refractivity contribution < 1.29 is 14.0 Å². The lowest BCUT2D eigenvalue weighted by Gasteiger charge is -2.31. The molecule has 0 aromatic carbocycles. The first-order valence-corrected chi connectivity index (χ1v) is 5.76. The van der Waals surface area contributed by atoms with Gasteiger partial charge in [0.2, 0.25) is 0 Å². The van der Waals surface area contributed by atoms with Gasteiger partial charge in [0.15, 0.2) is 0 Å². The van der Waals surface area contributed by atoms with E-state index in [1.165, 1.54) is 0 Å². The summed E-state index contributed by atoms with van der Waals surface area (Å²) >= 11 is 0. The van der Waals surface area contributed by atoms with Gasteiger partial charge in [0.1, 0.15) is 0 Å². The standard InChI is InChI=1S/C9H19BO3.C2H6/c1-7(2)11-10-12-8(3,4)9(5,6)13-10;1-2/h7H,1-6H3;1-2H3. The molecule has 1 aliphatic rings. The Morgan fingerprint density at radius 2 is 1.27 bits per heavy atom. The van der Waals surface area contributed by atoms with Gasteiger partial charge in [0.25, 0.3) is 0 Å². The van der Waals surface area contributed by atoms with Gasteiger partial charge in [-0.2, -0.15) is 0 Å². The molecule has 1 aliphatic heterocycles. The van der Waals surface area contributed by atoms with Gasteiger partial charge in [-0.1, -0.05) is 13.8 Å². The summed E-state index contributed by atoms with van der Waals surface area (Å²) in [6, 6.07) is 0. The summed E-state index contributed by atoms with van der Waals surface area (Å²) in [6.45, 7) is 16.0. The Hall–Kier alpha value is -0.0551. The van der Waals surface area contributed by atoms with Gasteiger partial charge < -0.3 is 14.0 Å². The van der Waals surface area contributed by atoms with E-state index in [1.54, 1.807) is 0 Å². The second-order valence-electron chi connectivity index (χ2n) is 4.73. The molecule has 0 aliphatic carbocycles. The monoisotopic (exact) mass is 216 g/mol. The molecule has 0 amide bonds. The smallest absolute Gasteiger partial charge is 0.384 e. The largest absolute Gasteiger partial charge is 0.640 e. The number of hydrogen-bond donors (Lipinski definition) is 0. The third kappa shape index (κ3) is 3.78. The first-order valence-electron chi connectivity index (χ1n) is 5.76. The van der Waals surface area contributed by atoms with E-state index >= 15 is 0 Å². The predicted molar refractivity (Wildman–Crippen MR) is 63.7 cm³/mol. The van der Waals surface area contributed by atoms with Crippen LogP contribution in [0.5, 0.6) is 0 Å². The highest BCUT2D eigenvalue weighted by molar-refractivity contribution is 6.37. The lowest BCUT2D eigenvalue weighted by molar-refractivity contribution is 0.00578. The summed E-state index contributed by atoms with van der Waals surface area (Å²) in [6.07, 6.45) is 0.120. The maximum atomic E-state index is 5.63. The Balaban J connectivity index is 0.000000921. The molecule has 1 heterocycles. The van der Waals surface area contributed by atoms with Gasteiger partial charge in [-0.15, -0.1) is 0 Å². The van der Waals surface area contributed by atoms with Crippen molar-refractivity contribution in [3.05, 3.63) is 0 Å². The molecule has 1 saturated heterocycles. The Labute approximate surface area is 94.7 Å². The molecule has 0 unspecified atom stereocenters. The van der Waals surface area contributed by atoms with Gasteiger partial charge in [0.05, 0.1) is 11.2 Å². The van der Waals surface area contributed by atoms with E-state index in [1.807, 2.05) is 55.4 Å². The van der Waals surface area contributed by atoms with Crippen LogP contribution < -0.4 is 0 Å². The highest BCUT2D eigenvalue weighted by Gasteiger charge is 2.53. The fraction of sp³-hybridized carbons (Fsp3) is 1.00. The van der Waals surface area contributed by atoms with Crippen molar-refractivity contribution in [1.29, 1.82) is 0 Å². The normalized spacial score (nSPS) is 22.6. The topological polar surface area (TPSA) is 27.7 Å². The predicted octanol–water partition coefficient (Wildman–Crippen LogP) is 3.03. The van der Waals surface area contributed by atoms with Gasteiger partial charge in [-0.25, -0.2) is 0 Å². The van der Waals surface area contributed by atoms with Crippen molar-refractivity contribution >= 4 is 7.32 Å². The van der Waals surface area contributed by atoms with Crippen LogP contribution >= 0.6 is 0 Å². The molecular weight excluding hydrogens is 191 g/mol. The van der Waals surface area contributed by atoms with Crippen molar-refractivity contribution in [2.75, 3.05) is 0 Å². The summed E-state index contributed by atoms with van der Waals surface area (Å²) in [5.74, 6) is 0. The zero-order valence-electron chi connectivity index (χ0n) is 11.4. The van der Waals surface area contributed by atoms with Crippen molar-refractivity contribution in [1.82, 2.24) is 0 Å². The van der Waals surface area contributed by atoms with Crippen LogP contribution in [0.15, 0.2) is 0 Å². The van der Waals surface area contributed by atoms with E-state index < -0.39 is 7.32 Å². The molecule has 0 bridgehead atoms. The van der Waals surface area contributed by atoms with Gasteiger partial charge in [-0.05, 0) is 41.5 Å². The third-order valence-corrected chi connectivity index (χ3v) is 2.61. The van der Waals surface area contributed by atoms with Crippen LogP contribution in [0, 0.1) is 0 Å². The average molecular weight is 216 g/mol. The molecule has 0 aromatic rings. The minimum Gasteiger partial charge on any atom is -0.384 e. The molecule has 4 heteroatoms. The third-order valence-electron chi connectivity index (χ3n) is 2.61. The Morgan fingerprint density at radius 1 is 0.933 bits per heavy atom. The molecule has 1 fully saturated rings. The minimum atomic E-state index is -0.523. The molecule has 0 atom stereocenters. The van der Waals surface area contributed by atoms with Crippen LogP contribution in [0.1, 0.15) is 55.4 Å². The second-order valence-corrected chi connectivity index (χ2v) is 4.73. The molecular formula is C11H25BO3. The van der Waals surface area contributed by atoms with E-state index in [9.17, 15) is 0 Å². The lowest BCUT2D eigenvalue weighted by Crippen LogP contribution is -2.41. The second kappa shape index (κ2) is 5.33. The van der Waals surface area contributed by atoms with Crippen LogP contribution in [-0.4, -0.2) is 24.6 Å². The summed E-state index contributed by atoms with van der Waals surface area (Å²) < 4.78 is 16.7. The highest BCUT2D eigenvalue weighted by atomic mass is 16.8. The maximum absolute atomic E-state index is 5.63. The first kappa shape index (κ1) is 14.9. The molecule has 15 heavy (non-hydrogen) atoms. The molecule has 0 radical (unpaired) electrons.